The number of hydrogen-bond donors (Lipinski definition) is 0. The van der Waals surface area contributed by atoms with Crippen LogP contribution in [0.3, 0.4) is 0 Å². The number of halogens is 1. The van der Waals surface area contributed by atoms with Crippen LogP contribution in [0.25, 0.3) is 22.6 Å². The smallest absolute Gasteiger partial charge is 0.415 e. The van der Waals surface area contributed by atoms with E-state index >= 15 is 0 Å². The lowest BCUT2D eigenvalue weighted by atomic mass is 9.91. The van der Waals surface area contributed by atoms with Crippen LogP contribution in [0.4, 0.5) is 14.9 Å². The average Bonchev–Trinajstić information content (AvgIpc) is 3.08. The van der Waals surface area contributed by atoms with Gasteiger partial charge in [0.1, 0.15) is 23.2 Å². The zero-order chi connectivity index (χ0) is 23.0. The van der Waals surface area contributed by atoms with E-state index in [4.69, 9.17) is 4.74 Å². The lowest BCUT2D eigenvalue weighted by Crippen LogP contribution is -2.33. The molecule has 2 aromatic carbocycles. The molecule has 7 heteroatoms. The highest BCUT2D eigenvalue weighted by Gasteiger charge is 2.49. The molecule has 0 aliphatic carbocycles. The van der Waals surface area contributed by atoms with E-state index in [9.17, 15) is 9.18 Å². The molecule has 0 bridgehead atoms. The highest BCUT2D eigenvalue weighted by Crippen LogP contribution is 2.44. The second-order valence-electron chi connectivity index (χ2n) is 8.32. The summed E-state index contributed by atoms with van der Waals surface area (Å²) in [5.74, 6) is -0.0329. The summed E-state index contributed by atoms with van der Waals surface area (Å²) in [5.41, 5.74) is 2.44. The topological polar surface area (TPSA) is 68.2 Å². The number of pyridine rings is 1. The minimum absolute atomic E-state index is 0.295. The van der Waals surface area contributed by atoms with Crippen LogP contribution < -0.4 is 4.90 Å². The Morgan fingerprint density at radius 3 is 2.33 bits per heavy atom. The van der Waals surface area contributed by atoms with Crippen LogP contribution >= 0.6 is 0 Å². The van der Waals surface area contributed by atoms with E-state index in [0.717, 1.165) is 5.56 Å². The van der Waals surface area contributed by atoms with Gasteiger partial charge in [-0.15, -0.1) is 0 Å². The fourth-order valence-electron chi connectivity index (χ4n) is 4.20. The molecule has 6 nitrogen and oxygen atoms in total. The van der Waals surface area contributed by atoms with Crippen molar-refractivity contribution in [1.29, 1.82) is 0 Å². The van der Waals surface area contributed by atoms with Gasteiger partial charge in [-0.05, 0) is 49.2 Å². The van der Waals surface area contributed by atoms with Crippen molar-refractivity contribution in [2.75, 3.05) is 4.90 Å². The maximum Gasteiger partial charge on any atom is 0.415 e. The van der Waals surface area contributed by atoms with E-state index in [0.29, 0.717) is 28.3 Å². The van der Waals surface area contributed by atoms with Gasteiger partial charge in [-0.2, -0.15) is 0 Å². The van der Waals surface area contributed by atoms with Gasteiger partial charge in [0.2, 0.25) is 0 Å². The lowest BCUT2D eigenvalue weighted by Gasteiger charge is -2.29. The fraction of sp³-hybridized carbons (Fsp3) is 0.154. The van der Waals surface area contributed by atoms with E-state index in [2.05, 4.69) is 15.0 Å². The summed E-state index contributed by atoms with van der Waals surface area (Å²) >= 11 is 0. The third-order valence-electron chi connectivity index (χ3n) is 5.69. The molecule has 0 radical (unpaired) electrons. The molecular formula is C26H21FN4O2. The summed E-state index contributed by atoms with van der Waals surface area (Å²) in [7, 11) is 0. The Labute approximate surface area is 190 Å². The number of rotatable bonds is 4. The second-order valence-corrected chi connectivity index (χ2v) is 8.32. The van der Waals surface area contributed by atoms with Gasteiger partial charge in [0.25, 0.3) is 0 Å². The van der Waals surface area contributed by atoms with Gasteiger partial charge in [0, 0.05) is 23.6 Å². The molecule has 1 fully saturated rings. The Kier molecular flexibility index (Phi) is 5.09. The van der Waals surface area contributed by atoms with Crippen LogP contribution in [0.15, 0.2) is 85.3 Å². The lowest BCUT2D eigenvalue weighted by molar-refractivity contribution is 0.0685. The first-order valence-corrected chi connectivity index (χ1v) is 10.5. The Balaban J connectivity index is 1.51. The molecule has 3 heterocycles. The van der Waals surface area contributed by atoms with Crippen molar-refractivity contribution in [3.63, 3.8) is 0 Å². The van der Waals surface area contributed by atoms with Crippen molar-refractivity contribution in [2.45, 2.75) is 25.5 Å². The van der Waals surface area contributed by atoms with E-state index in [1.54, 1.807) is 53.7 Å². The minimum atomic E-state index is -0.709. The van der Waals surface area contributed by atoms with Crippen LogP contribution in [-0.2, 0) is 4.74 Å². The monoisotopic (exact) mass is 440 g/mol. The number of benzene rings is 2. The van der Waals surface area contributed by atoms with Gasteiger partial charge >= 0.3 is 6.09 Å². The summed E-state index contributed by atoms with van der Waals surface area (Å²) < 4.78 is 20.3. The van der Waals surface area contributed by atoms with Gasteiger partial charge in [-0.25, -0.2) is 24.1 Å². The largest absolute Gasteiger partial charge is 0.441 e. The van der Waals surface area contributed by atoms with Gasteiger partial charge in [-0.3, -0.25) is 4.90 Å². The first kappa shape index (κ1) is 20.8. The standard InChI is InChI=1S/C26H21FN4O2/c1-26(2)23(18-7-4-3-5-8-18)31(25(32)33-26)19-11-9-17(10-12-19)20-15-22(30-16-21(20)27)24-28-13-6-14-29-24/h3-16,23H,1-2H3. The zero-order valence-corrected chi connectivity index (χ0v) is 18.1. The third kappa shape index (κ3) is 3.82. The summed E-state index contributed by atoms with van der Waals surface area (Å²) in [6.07, 6.45) is 3.98. The molecule has 2 aromatic heterocycles. The average molecular weight is 440 g/mol. The maximum absolute atomic E-state index is 14.6. The summed E-state index contributed by atoms with van der Waals surface area (Å²) in [4.78, 5) is 26.9. The highest BCUT2D eigenvalue weighted by atomic mass is 19.1. The van der Waals surface area contributed by atoms with Crippen molar-refractivity contribution < 1.29 is 13.9 Å². The molecule has 0 saturated carbocycles. The van der Waals surface area contributed by atoms with Gasteiger partial charge in [0.15, 0.2) is 5.82 Å². The Morgan fingerprint density at radius 1 is 0.939 bits per heavy atom. The number of nitrogens with zero attached hydrogens (tertiary/aromatic N) is 4. The summed E-state index contributed by atoms with van der Waals surface area (Å²) in [6.45, 7) is 3.80. The molecule has 1 amide bonds. The van der Waals surface area contributed by atoms with Gasteiger partial charge in [-0.1, -0.05) is 42.5 Å². The molecule has 5 rings (SSSR count). The predicted molar refractivity (Wildman–Crippen MR) is 123 cm³/mol. The number of hydrogen-bond acceptors (Lipinski definition) is 5. The Hall–Kier alpha value is -4.13. The Bertz CT molecular complexity index is 1300. The molecular weight excluding hydrogens is 419 g/mol. The van der Waals surface area contributed by atoms with Crippen LogP contribution in [0.5, 0.6) is 0 Å². The van der Waals surface area contributed by atoms with E-state index < -0.39 is 17.5 Å². The number of amides is 1. The molecule has 4 aromatic rings. The zero-order valence-electron chi connectivity index (χ0n) is 18.1. The van der Waals surface area contributed by atoms with Gasteiger partial charge < -0.3 is 4.74 Å². The predicted octanol–water partition coefficient (Wildman–Crippen LogP) is 5.82. The first-order chi connectivity index (χ1) is 15.9. The molecule has 1 aliphatic rings. The van der Waals surface area contributed by atoms with Crippen LogP contribution in [0, 0.1) is 5.82 Å². The molecule has 0 N–H and O–H groups in total. The van der Waals surface area contributed by atoms with Gasteiger partial charge in [0.05, 0.1) is 6.20 Å². The number of ether oxygens (including phenoxy) is 1. The number of cyclic esters (lactones) is 1. The minimum Gasteiger partial charge on any atom is -0.441 e. The number of anilines is 1. The van der Waals surface area contributed by atoms with Crippen molar-refractivity contribution >= 4 is 11.8 Å². The number of aromatic nitrogens is 3. The van der Waals surface area contributed by atoms with Crippen molar-refractivity contribution in [2.24, 2.45) is 0 Å². The van der Waals surface area contributed by atoms with E-state index in [-0.39, 0.29) is 6.04 Å². The summed E-state index contributed by atoms with van der Waals surface area (Å²) in [5, 5.41) is 0. The van der Waals surface area contributed by atoms with Crippen molar-refractivity contribution in [1.82, 2.24) is 15.0 Å². The van der Waals surface area contributed by atoms with E-state index in [1.807, 2.05) is 44.2 Å². The van der Waals surface area contributed by atoms with Crippen molar-refractivity contribution in [3.05, 3.63) is 96.7 Å². The van der Waals surface area contributed by atoms with Crippen LogP contribution in [-0.4, -0.2) is 26.6 Å². The molecule has 164 valence electrons. The first-order valence-electron chi connectivity index (χ1n) is 10.5. The molecule has 33 heavy (non-hydrogen) atoms. The molecule has 0 spiro atoms. The third-order valence-corrected chi connectivity index (χ3v) is 5.69. The molecule has 1 saturated heterocycles. The second kappa shape index (κ2) is 8.09. The fourth-order valence-corrected chi connectivity index (χ4v) is 4.20. The van der Waals surface area contributed by atoms with Crippen molar-refractivity contribution in [3.8, 4) is 22.6 Å². The Morgan fingerprint density at radius 2 is 1.64 bits per heavy atom. The maximum atomic E-state index is 14.6. The molecule has 1 aliphatic heterocycles. The van der Waals surface area contributed by atoms with E-state index in [1.165, 1.54) is 6.20 Å². The number of carbonyl (C=O) groups excluding carboxylic acids is 1. The quantitative estimate of drug-likeness (QED) is 0.400. The molecule has 1 unspecified atom stereocenters. The molecule has 1 atom stereocenters. The normalized spacial score (nSPS) is 17.1. The number of carbonyl (C=O) groups is 1. The van der Waals surface area contributed by atoms with Crippen LogP contribution in [0.1, 0.15) is 25.5 Å². The van der Waals surface area contributed by atoms with Crippen LogP contribution in [0.2, 0.25) is 0 Å². The summed E-state index contributed by atoms with van der Waals surface area (Å²) in [6, 6.07) is 20.0. The highest BCUT2D eigenvalue weighted by molar-refractivity contribution is 5.92. The SMILES string of the molecule is CC1(C)OC(=O)N(c2ccc(-c3cc(-c4ncccn4)ncc3F)cc2)C1c1ccccc1.